The predicted octanol–water partition coefficient (Wildman–Crippen LogP) is 3.58. The predicted molar refractivity (Wildman–Crippen MR) is 121 cm³/mol. The number of nitrogens with zero attached hydrogens (tertiary/aromatic N) is 3. The number of carbonyl (C=O) groups excluding carboxylic acids is 1. The van der Waals surface area contributed by atoms with Gasteiger partial charge in [0, 0.05) is 13.1 Å². The fourth-order valence-electron chi connectivity index (χ4n) is 4.33. The number of hydrogen-bond donors (Lipinski definition) is 0. The van der Waals surface area contributed by atoms with E-state index in [1.54, 1.807) is 13.2 Å². The van der Waals surface area contributed by atoms with Crippen LogP contribution in [0.4, 0.5) is 0 Å². The molecular formula is C25H29N3O3. The van der Waals surface area contributed by atoms with E-state index in [1.807, 2.05) is 36.1 Å². The van der Waals surface area contributed by atoms with Crippen molar-refractivity contribution in [3.8, 4) is 5.75 Å². The summed E-state index contributed by atoms with van der Waals surface area (Å²) in [5, 5.41) is 0.563. The van der Waals surface area contributed by atoms with Gasteiger partial charge in [0.05, 0.1) is 24.3 Å². The molecule has 0 N–H and O–H groups in total. The van der Waals surface area contributed by atoms with Crippen molar-refractivity contribution in [2.75, 3.05) is 20.2 Å². The van der Waals surface area contributed by atoms with Crippen LogP contribution in [0.25, 0.3) is 10.9 Å². The number of para-hydroxylation sites is 1. The Balaban J connectivity index is 1.30. The number of carbonyl (C=O) groups is 1. The molecule has 1 fully saturated rings. The highest BCUT2D eigenvalue weighted by atomic mass is 16.5. The van der Waals surface area contributed by atoms with Crippen molar-refractivity contribution in [1.82, 2.24) is 14.5 Å². The molecule has 0 bridgehead atoms. The fraction of sp³-hybridized carbons (Fsp3) is 0.400. The van der Waals surface area contributed by atoms with Crippen molar-refractivity contribution < 1.29 is 9.53 Å². The first-order valence-electron chi connectivity index (χ1n) is 10.9. The highest BCUT2D eigenvalue weighted by Gasteiger charge is 2.23. The lowest BCUT2D eigenvalue weighted by molar-refractivity contribution is -0.133. The number of piperidine rings is 1. The number of aryl methyl sites for hydroxylation is 2. The minimum absolute atomic E-state index is 0.00972. The Hall–Kier alpha value is -3.15. The van der Waals surface area contributed by atoms with E-state index in [4.69, 9.17) is 4.74 Å². The molecule has 0 atom stereocenters. The first kappa shape index (κ1) is 21.1. The molecule has 3 aromatic rings. The van der Waals surface area contributed by atoms with Gasteiger partial charge >= 0.3 is 0 Å². The number of ether oxygens (including phenoxy) is 1. The molecule has 2 aromatic carbocycles. The number of rotatable bonds is 6. The molecular weight excluding hydrogens is 390 g/mol. The van der Waals surface area contributed by atoms with E-state index in [0.29, 0.717) is 16.8 Å². The second-order valence-corrected chi connectivity index (χ2v) is 8.36. The molecule has 2 heterocycles. The number of hydrogen-bond acceptors (Lipinski definition) is 4. The zero-order valence-electron chi connectivity index (χ0n) is 18.2. The molecule has 1 amide bonds. The third kappa shape index (κ3) is 4.79. The average Bonchev–Trinajstić information content (AvgIpc) is 2.80. The molecule has 31 heavy (non-hydrogen) atoms. The number of methoxy groups -OCH3 is 1. The normalized spacial score (nSPS) is 14.7. The van der Waals surface area contributed by atoms with Crippen molar-refractivity contribution >= 4 is 16.8 Å². The van der Waals surface area contributed by atoms with Crippen LogP contribution in [-0.2, 0) is 17.8 Å². The van der Waals surface area contributed by atoms with Crippen LogP contribution in [0, 0.1) is 12.8 Å². The number of benzene rings is 2. The van der Waals surface area contributed by atoms with Crippen molar-refractivity contribution in [3.05, 3.63) is 70.3 Å². The Kier molecular flexibility index (Phi) is 6.35. The summed E-state index contributed by atoms with van der Waals surface area (Å²) in [4.78, 5) is 31.8. The van der Waals surface area contributed by atoms with E-state index >= 15 is 0 Å². The first-order valence-corrected chi connectivity index (χ1v) is 10.9. The molecule has 6 heteroatoms. The Morgan fingerprint density at radius 2 is 1.87 bits per heavy atom. The highest BCUT2D eigenvalue weighted by Crippen LogP contribution is 2.23. The maximum Gasteiger partial charge on any atom is 0.261 e. The molecule has 1 saturated heterocycles. The Labute approximate surface area is 182 Å². The van der Waals surface area contributed by atoms with E-state index in [-0.39, 0.29) is 18.0 Å². The summed E-state index contributed by atoms with van der Waals surface area (Å²) in [6, 6.07) is 13.8. The van der Waals surface area contributed by atoms with Crippen LogP contribution < -0.4 is 10.3 Å². The number of likely N-dealkylation sites (tertiary alicyclic amines) is 1. The molecule has 6 nitrogen and oxygen atoms in total. The van der Waals surface area contributed by atoms with Gasteiger partial charge in [-0.1, -0.05) is 24.3 Å². The summed E-state index contributed by atoms with van der Waals surface area (Å²) in [6.45, 7) is 3.48. The van der Waals surface area contributed by atoms with Gasteiger partial charge < -0.3 is 9.64 Å². The Morgan fingerprint density at radius 1 is 1.13 bits per heavy atom. The molecule has 0 aliphatic carbocycles. The summed E-state index contributed by atoms with van der Waals surface area (Å²) in [7, 11) is 1.68. The maximum atomic E-state index is 12.8. The van der Waals surface area contributed by atoms with Crippen LogP contribution >= 0.6 is 0 Å². The quantitative estimate of drug-likeness (QED) is 0.613. The third-order valence-electron chi connectivity index (χ3n) is 6.33. The summed E-state index contributed by atoms with van der Waals surface area (Å²) in [5.41, 5.74) is 2.83. The standard InChI is InChI=1S/C25H29N3O3/c1-18-4-3-5-22-24(18)26-17-28(25(22)30)16-23(29)27-14-12-20(13-15-27)7-6-19-8-10-21(31-2)11-9-19/h3-5,8-11,17,20H,6-7,12-16H2,1-2H3. The van der Waals surface area contributed by atoms with Gasteiger partial charge in [-0.25, -0.2) is 4.98 Å². The molecule has 1 aromatic heterocycles. The fourth-order valence-corrected chi connectivity index (χ4v) is 4.33. The van der Waals surface area contributed by atoms with Crippen LogP contribution in [0.3, 0.4) is 0 Å². The van der Waals surface area contributed by atoms with E-state index < -0.39 is 0 Å². The lowest BCUT2D eigenvalue weighted by Crippen LogP contribution is -2.41. The monoisotopic (exact) mass is 419 g/mol. The largest absolute Gasteiger partial charge is 0.497 e. The lowest BCUT2D eigenvalue weighted by atomic mass is 9.90. The number of aromatic nitrogens is 2. The molecule has 4 rings (SSSR count). The van der Waals surface area contributed by atoms with Gasteiger partial charge in [-0.3, -0.25) is 14.2 Å². The van der Waals surface area contributed by atoms with Gasteiger partial charge in [-0.15, -0.1) is 0 Å². The van der Waals surface area contributed by atoms with Gasteiger partial charge in [0.1, 0.15) is 12.3 Å². The van der Waals surface area contributed by atoms with Crippen molar-refractivity contribution in [2.24, 2.45) is 5.92 Å². The smallest absolute Gasteiger partial charge is 0.261 e. The average molecular weight is 420 g/mol. The highest BCUT2D eigenvalue weighted by molar-refractivity contribution is 5.81. The van der Waals surface area contributed by atoms with E-state index in [1.165, 1.54) is 16.5 Å². The minimum atomic E-state index is -0.156. The van der Waals surface area contributed by atoms with Crippen LogP contribution in [0.1, 0.15) is 30.4 Å². The molecule has 162 valence electrons. The van der Waals surface area contributed by atoms with E-state index in [0.717, 1.165) is 50.1 Å². The van der Waals surface area contributed by atoms with Crippen molar-refractivity contribution in [2.45, 2.75) is 39.2 Å². The van der Waals surface area contributed by atoms with Gasteiger partial charge in [0.2, 0.25) is 5.91 Å². The van der Waals surface area contributed by atoms with Crippen LogP contribution in [0.2, 0.25) is 0 Å². The molecule has 0 spiro atoms. The number of amides is 1. The molecule has 1 aliphatic rings. The van der Waals surface area contributed by atoms with Crippen molar-refractivity contribution in [3.63, 3.8) is 0 Å². The number of fused-ring (bicyclic) bond motifs is 1. The van der Waals surface area contributed by atoms with E-state index in [2.05, 4.69) is 17.1 Å². The molecule has 0 saturated carbocycles. The maximum absolute atomic E-state index is 12.8. The van der Waals surface area contributed by atoms with Gasteiger partial charge in [0.15, 0.2) is 0 Å². The molecule has 0 unspecified atom stereocenters. The van der Waals surface area contributed by atoms with Crippen molar-refractivity contribution in [1.29, 1.82) is 0 Å². The topological polar surface area (TPSA) is 64.4 Å². The van der Waals surface area contributed by atoms with Gasteiger partial charge in [-0.05, 0) is 67.9 Å². The summed E-state index contributed by atoms with van der Waals surface area (Å²) >= 11 is 0. The Bertz CT molecular complexity index is 1110. The lowest BCUT2D eigenvalue weighted by Gasteiger charge is -2.32. The van der Waals surface area contributed by atoms with Crippen LogP contribution in [0.15, 0.2) is 53.6 Å². The second kappa shape index (κ2) is 9.33. The minimum Gasteiger partial charge on any atom is -0.497 e. The zero-order chi connectivity index (χ0) is 21.8. The summed E-state index contributed by atoms with van der Waals surface area (Å²) in [6.07, 6.45) is 5.68. The zero-order valence-corrected chi connectivity index (χ0v) is 18.2. The second-order valence-electron chi connectivity index (χ2n) is 8.36. The summed E-state index contributed by atoms with van der Waals surface area (Å²) in [5.74, 6) is 1.50. The van der Waals surface area contributed by atoms with Crippen LogP contribution in [0.5, 0.6) is 5.75 Å². The Morgan fingerprint density at radius 3 is 2.58 bits per heavy atom. The molecule has 1 aliphatic heterocycles. The van der Waals surface area contributed by atoms with Crippen LogP contribution in [-0.4, -0.2) is 40.6 Å². The summed E-state index contributed by atoms with van der Waals surface area (Å²) < 4.78 is 6.64. The van der Waals surface area contributed by atoms with E-state index in [9.17, 15) is 9.59 Å². The van der Waals surface area contributed by atoms with Gasteiger partial charge in [0.25, 0.3) is 5.56 Å². The first-order chi connectivity index (χ1) is 15.0. The van der Waals surface area contributed by atoms with Gasteiger partial charge in [-0.2, -0.15) is 0 Å². The SMILES string of the molecule is COc1ccc(CCC2CCN(C(=O)Cn3cnc4c(C)cccc4c3=O)CC2)cc1. The third-order valence-corrected chi connectivity index (χ3v) is 6.33. The molecule has 0 radical (unpaired) electrons.